The van der Waals surface area contributed by atoms with Gasteiger partial charge in [-0.05, 0) is 0 Å². The predicted molar refractivity (Wildman–Crippen MR) is 181 cm³/mol. The average molecular weight is 1140 g/mol. The first-order chi connectivity index (χ1) is 26.7. The number of imidazole rings is 2. The second-order valence-electron chi connectivity index (χ2n) is 11.8. The molecule has 34 heteroatoms. The van der Waals surface area contributed by atoms with Gasteiger partial charge in [-0.3, -0.25) is 58.1 Å². The van der Waals surface area contributed by atoms with E-state index in [0.29, 0.717) is 9.13 Å². The minimum absolute atomic E-state index is 0. The number of hydrogen-bond acceptors (Lipinski definition) is 26. The van der Waals surface area contributed by atoms with Gasteiger partial charge in [-0.25, -0.2) is 9.97 Å². The van der Waals surface area contributed by atoms with Crippen LogP contribution in [0.1, 0.15) is 77.5 Å². The van der Waals surface area contributed by atoms with Gasteiger partial charge >= 0.3 is 97.8 Å². The Bertz CT molecular complexity index is 1970. The van der Waals surface area contributed by atoms with Gasteiger partial charge in [0.25, 0.3) is 23.6 Å². The topological polar surface area (TPSA) is 515 Å². The van der Waals surface area contributed by atoms with Crippen molar-refractivity contribution in [1.82, 2.24) is 29.7 Å². The Labute approximate surface area is 414 Å². The largest absolute Gasteiger partial charge is 2.00 e. The number of fused-ring (bicyclic) bond motifs is 2. The van der Waals surface area contributed by atoms with E-state index in [4.69, 9.17) is 11.5 Å². The standard InChI is InChI=1S/2C13H17N4O11P.2Ba/c2*14-10-7(17-6(20)2-1-4(18)11(17)15-10)12(23)16-13(24)9(22)8(21)5(19)3-28-29(25,26)27;;/h2*5,8-9,19,21-22H,1-3,14H2,(H,16,23,24)(H2,25,26,27);;/q;;2*+2/p-4/t2*5-,8-,9-;;/m11../s1. The Morgan fingerprint density at radius 2 is 0.933 bits per heavy atom. The molecule has 6 atom stereocenters. The van der Waals surface area contributed by atoms with E-state index in [-0.39, 0.29) is 123 Å². The van der Waals surface area contributed by atoms with Crippen molar-refractivity contribution >= 4 is 172 Å². The monoisotopic (exact) mass is 1140 g/mol. The second kappa shape index (κ2) is 23.2. The second-order valence-corrected chi connectivity index (χ2v) is 14.1. The number of phosphoric ester groups is 2. The maximum Gasteiger partial charge on any atom is 2.00 e. The Balaban J connectivity index is 0.000000581. The molecular weight excluding hydrogens is 1110 g/mol. The van der Waals surface area contributed by atoms with Crippen LogP contribution in [-0.2, 0) is 27.8 Å². The maximum absolute atomic E-state index is 12.3. The third kappa shape index (κ3) is 14.6. The summed E-state index contributed by atoms with van der Waals surface area (Å²) < 4.78 is 29.3. The van der Waals surface area contributed by atoms with Crippen LogP contribution in [0.2, 0.25) is 0 Å². The Morgan fingerprint density at radius 3 is 1.22 bits per heavy atom. The molecule has 0 saturated heterocycles. The summed E-state index contributed by atoms with van der Waals surface area (Å²) in [6.45, 7) is -2.52. The van der Waals surface area contributed by atoms with Crippen molar-refractivity contribution < 1.29 is 107 Å². The number of carbonyl (C=O) groups excluding carboxylic acids is 8. The third-order valence-corrected chi connectivity index (χ3v) is 8.55. The van der Waals surface area contributed by atoms with E-state index in [0.717, 1.165) is 0 Å². The molecule has 2 aromatic heterocycles. The maximum atomic E-state index is 12.3. The van der Waals surface area contributed by atoms with Gasteiger partial charge in [0.05, 0.1) is 28.9 Å². The third-order valence-electron chi connectivity index (χ3n) is 7.62. The molecule has 4 amide bonds. The number of anilines is 2. The molecule has 0 aliphatic carbocycles. The Kier molecular flexibility index (Phi) is 21.7. The molecule has 30 nitrogen and oxygen atoms in total. The predicted octanol–water partition coefficient (Wildman–Crippen LogP) is -10.2. The molecule has 2 aromatic rings. The molecule has 320 valence electrons. The van der Waals surface area contributed by atoms with E-state index < -0.39 is 147 Å². The first-order valence-electron chi connectivity index (χ1n) is 15.7. The molecule has 2 aliphatic heterocycles. The minimum Gasteiger partial charge on any atom is -0.790 e. The van der Waals surface area contributed by atoms with E-state index in [9.17, 15) is 97.7 Å². The van der Waals surface area contributed by atoms with E-state index in [1.807, 2.05) is 0 Å². The van der Waals surface area contributed by atoms with Crippen LogP contribution in [0.4, 0.5) is 11.6 Å². The minimum atomic E-state index is -5.49. The first kappa shape index (κ1) is 56.1. The average Bonchev–Trinajstić information content (AvgIpc) is 3.69. The molecule has 0 aromatic carbocycles. The van der Waals surface area contributed by atoms with Gasteiger partial charge < -0.3 is 79.9 Å². The van der Waals surface area contributed by atoms with Crippen LogP contribution >= 0.6 is 15.6 Å². The summed E-state index contributed by atoms with van der Waals surface area (Å²) in [5.74, 6) is -10.2. The van der Waals surface area contributed by atoms with Crippen LogP contribution in [0.25, 0.3) is 0 Å². The van der Waals surface area contributed by atoms with Gasteiger partial charge in [0.15, 0.2) is 58.4 Å². The number of ketones is 2. The number of carbonyl (C=O) groups is 8. The van der Waals surface area contributed by atoms with Gasteiger partial charge in [0.1, 0.15) is 24.4 Å². The van der Waals surface area contributed by atoms with E-state index in [1.165, 1.54) is 0 Å². The fourth-order valence-electron chi connectivity index (χ4n) is 4.81. The molecule has 0 saturated carbocycles. The molecule has 2 aliphatic rings. The first-order valence-corrected chi connectivity index (χ1v) is 18.6. The van der Waals surface area contributed by atoms with Crippen molar-refractivity contribution in [2.45, 2.75) is 62.3 Å². The fraction of sp³-hybridized carbons (Fsp3) is 0.462. The molecular formula is C26H30Ba2N8O22P2. The molecule has 0 unspecified atom stereocenters. The van der Waals surface area contributed by atoms with Gasteiger partial charge in [0.2, 0.25) is 11.8 Å². The van der Waals surface area contributed by atoms with Crippen LogP contribution in [0, 0.1) is 0 Å². The van der Waals surface area contributed by atoms with Crippen molar-refractivity contribution in [3.05, 3.63) is 23.0 Å². The van der Waals surface area contributed by atoms with Crippen molar-refractivity contribution in [3.63, 3.8) is 0 Å². The molecule has 0 spiro atoms. The van der Waals surface area contributed by atoms with Crippen LogP contribution in [0.5, 0.6) is 0 Å². The van der Waals surface area contributed by atoms with Gasteiger partial charge in [0, 0.05) is 25.7 Å². The number of nitrogens with two attached hydrogens (primary N) is 2. The summed E-state index contributed by atoms with van der Waals surface area (Å²) in [4.78, 5) is 144. The Morgan fingerprint density at radius 1 is 0.633 bits per heavy atom. The van der Waals surface area contributed by atoms with Crippen molar-refractivity contribution in [2.24, 2.45) is 0 Å². The number of hydrogen-bond donors (Lipinski definition) is 10. The number of aliphatic hydroxyl groups excluding tert-OH is 6. The number of Topliss-reactive ketones (excluding diaryl/α,β-unsaturated/α-hetero) is 2. The van der Waals surface area contributed by atoms with Crippen molar-refractivity contribution in [3.8, 4) is 0 Å². The molecule has 0 fully saturated rings. The number of amides is 4. The summed E-state index contributed by atoms with van der Waals surface area (Å²) in [5.41, 5.74) is 9.76. The Hall–Kier alpha value is -1.90. The molecule has 0 radical (unpaired) electrons. The number of nitrogens with one attached hydrogen (secondary N) is 2. The van der Waals surface area contributed by atoms with Crippen LogP contribution in [-0.4, -0.2) is 244 Å². The van der Waals surface area contributed by atoms with E-state index >= 15 is 0 Å². The van der Waals surface area contributed by atoms with Gasteiger partial charge in [-0.1, -0.05) is 0 Å². The quantitative estimate of drug-likeness (QED) is 0.0620. The number of aliphatic hydroxyl groups is 6. The molecule has 12 N–H and O–H groups in total. The normalized spacial score (nSPS) is 16.8. The molecule has 0 bridgehead atoms. The summed E-state index contributed by atoms with van der Waals surface area (Å²) in [5, 5.41) is 60.8. The number of phosphoric acid groups is 2. The molecule has 60 heavy (non-hydrogen) atoms. The number of nitrogen functional groups attached to an aromatic ring is 2. The summed E-state index contributed by atoms with van der Waals surface area (Å²) in [6.07, 6.45) is -14.8. The van der Waals surface area contributed by atoms with Crippen molar-refractivity contribution in [2.75, 3.05) is 24.7 Å². The van der Waals surface area contributed by atoms with Crippen LogP contribution in [0.15, 0.2) is 0 Å². The van der Waals surface area contributed by atoms with E-state index in [1.54, 1.807) is 10.6 Å². The zero-order valence-corrected chi connectivity index (χ0v) is 40.8. The summed E-state index contributed by atoms with van der Waals surface area (Å²) in [7, 11) is -11.0. The smallest absolute Gasteiger partial charge is 0.790 e. The molecule has 4 heterocycles. The van der Waals surface area contributed by atoms with Crippen molar-refractivity contribution in [1.29, 1.82) is 0 Å². The molecule has 4 rings (SSSR count). The van der Waals surface area contributed by atoms with Crippen LogP contribution < -0.4 is 41.7 Å². The fourth-order valence-corrected chi connectivity index (χ4v) is 5.48. The SMILES string of the molecule is Nc1nc2n(c1C(=O)NC(=O)[C@H](O)[C@H](O)[C@H](O)COP(=O)([O-])[O-])C(=O)CCC2=O.Nc1nc2n(c1C(=O)NC(=O)[C@H](O)[C@H](O)[C@H](O)COP(=O)([O-])[O-])C(=O)CCC2=O.[Ba+2].[Ba+2]. The summed E-state index contributed by atoms with van der Waals surface area (Å²) >= 11 is 0. The zero-order chi connectivity index (χ0) is 44.2. The van der Waals surface area contributed by atoms with E-state index in [2.05, 4.69) is 19.0 Å². The zero-order valence-electron chi connectivity index (χ0n) is 30.2. The number of nitrogens with zero attached hydrogens (tertiary/aromatic N) is 4. The van der Waals surface area contributed by atoms with Crippen LogP contribution in [0.3, 0.4) is 0 Å². The number of imide groups is 2. The number of aromatic nitrogens is 4. The summed E-state index contributed by atoms with van der Waals surface area (Å²) in [6, 6.07) is 0. The number of rotatable bonds is 14. The van der Waals surface area contributed by atoms with Gasteiger partial charge in [-0.2, -0.15) is 0 Å². The van der Waals surface area contributed by atoms with Gasteiger partial charge in [-0.15, -0.1) is 0 Å².